The van der Waals surface area contributed by atoms with E-state index in [1.165, 1.54) is 21.3 Å². The maximum atomic E-state index is 13.8. The number of H-pyrrole nitrogens is 2. The van der Waals surface area contributed by atoms with Crippen LogP contribution in [0, 0.1) is 5.92 Å². The van der Waals surface area contributed by atoms with Crippen molar-refractivity contribution in [2.45, 2.75) is 70.1 Å². The van der Waals surface area contributed by atoms with E-state index < -0.39 is 24.3 Å². The molecule has 0 aliphatic carbocycles. The van der Waals surface area contributed by atoms with Crippen molar-refractivity contribution in [2.75, 3.05) is 41.0 Å². The van der Waals surface area contributed by atoms with Crippen LogP contribution in [-0.4, -0.2) is 107 Å². The topological polar surface area (TPSA) is 184 Å². The number of aromatic amines is 2. The van der Waals surface area contributed by atoms with Gasteiger partial charge in [-0.05, 0) is 77.8 Å². The molecule has 5 aromatic rings. The van der Waals surface area contributed by atoms with Crippen molar-refractivity contribution in [3.63, 3.8) is 0 Å². The van der Waals surface area contributed by atoms with Crippen LogP contribution in [0.25, 0.3) is 44.2 Å². The lowest BCUT2D eigenvalue weighted by Crippen LogP contribution is -2.51. The second-order valence-corrected chi connectivity index (χ2v) is 14.8. The third kappa shape index (κ3) is 8.15. The molecule has 0 bridgehead atoms. The fourth-order valence-electron chi connectivity index (χ4n) is 8.03. The van der Waals surface area contributed by atoms with Crippen LogP contribution in [0.4, 0.5) is 9.59 Å². The molecule has 4 N–H and O–H groups in total. The number of nitrogens with one attached hydrogen (secondary N) is 4. The molecule has 3 aromatic carbocycles. The van der Waals surface area contributed by atoms with Gasteiger partial charge in [-0.2, -0.15) is 0 Å². The number of methoxy groups -OCH3 is 3. The van der Waals surface area contributed by atoms with E-state index in [1.54, 1.807) is 11.1 Å². The Balaban J connectivity index is 1.07. The highest BCUT2D eigenvalue weighted by molar-refractivity contribution is 5.92. The van der Waals surface area contributed by atoms with Gasteiger partial charge in [0.25, 0.3) is 0 Å². The van der Waals surface area contributed by atoms with Gasteiger partial charge < -0.3 is 44.6 Å². The molecule has 0 saturated carbocycles. The van der Waals surface area contributed by atoms with Crippen molar-refractivity contribution in [1.29, 1.82) is 0 Å². The second-order valence-electron chi connectivity index (χ2n) is 14.8. The van der Waals surface area contributed by atoms with E-state index in [2.05, 4.69) is 74.1 Å². The highest BCUT2D eigenvalue weighted by Crippen LogP contribution is 2.36. The number of likely N-dealkylation sites (tertiary alicyclic amines) is 2. The third-order valence-electron chi connectivity index (χ3n) is 11.3. The van der Waals surface area contributed by atoms with Gasteiger partial charge in [0.1, 0.15) is 23.7 Å². The van der Waals surface area contributed by atoms with E-state index >= 15 is 0 Å². The van der Waals surface area contributed by atoms with Gasteiger partial charge in [-0.1, -0.05) is 50.6 Å². The zero-order chi connectivity index (χ0) is 40.2. The van der Waals surface area contributed by atoms with E-state index in [0.29, 0.717) is 18.9 Å². The molecule has 5 atom stereocenters. The Bertz CT molecular complexity index is 2270. The van der Waals surface area contributed by atoms with E-state index in [1.807, 2.05) is 24.8 Å². The maximum absolute atomic E-state index is 13.8. The Kier molecular flexibility index (Phi) is 11.7. The Hall–Kier alpha value is -5.96. The molecule has 57 heavy (non-hydrogen) atoms. The van der Waals surface area contributed by atoms with E-state index in [9.17, 15) is 19.2 Å². The minimum Gasteiger partial charge on any atom is -0.453 e. The SMILES string of the molecule is CC[C@H](C)[C@H](NC(=O)OC)C(=O)N1CCC[C@H]1c1nc2ccc(-c3ccc4cc(-c5cnc([C@@H]6CCCN6C(=O)[C@H](COC)NC(=O)OC)[nH]5)ccc4c3)cc2[nH]1. The number of benzene rings is 3. The van der Waals surface area contributed by atoms with Crippen LogP contribution >= 0.6 is 0 Å². The zero-order valence-corrected chi connectivity index (χ0v) is 33.0. The van der Waals surface area contributed by atoms with E-state index in [-0.39, 0.29) is 36.4 Å². The molecule has 2 fully saturated rings. The van der Waals surface area contributed by atoms with Gasteiger partial charge in [0, 0.05) is 25.8 Å². The monoisotopic (exact) mass is 778 g/mol. The standard InChI is InChI=1S/C42H50N8O7/c1-6-24(2)36(48-42(54)57-5)40(52)50-18-8-10-35(50)38-44-30-16-15-28(21-31(30)45-38)26-11-12-27-20-29(14-13-25(27)19-26)32-22-43-37(46-32)34-9-7-17-49(34)39(51)33(23-55-3)47-41(53)56-4/h11-16,19-22,24,33-36H,6-10,17-18,23H2,1-5H3,(H,43,46)(H,44,45)(H,47,53)(H,48,54)/t24-,33-,34-,35-,36-/m0/s1. The predicted molar refractivity (Wildman–Crippen MR) is 214 cm³/mol. The molecule has 0 radical (unpaired) electrons. The number of amides is 4. The third-order valence-corrected chi connectivity index (χ3v) is 11.3. The van der Waals surface area contributed by atoms with Crippen LogP contribution in [0.5, 0.6) is 0 Å². The number of nitrogens with zero attached hydrogens (tertiary/aromatic N) is 4. The van der Waals surface area contributed by atoms with E-state index in [4.69, 9.17) is 19.2 Å². The summed E-state index contributed by atoms with van der Waals surface area (Å²) >= 11 is 0. The normalized spacial score (nSPS) is 18.4. The summed E-state index contributed by atoms with van der Waals surface area (Å²) in [6.07, 6.45) is 4.40. The van der Waals surface area contributed by atoms with Crippen molar-refractivity contribution >= 4 is 45.8 Å². The molecule has 0 spiro atoms. The summed E-state index contributed by atoms with van der Waals surface area (Å²) in [5.74, 6) is 0.997. The average Bonchev–Trinajstić information content (AvgIpc) is 4.07. The number of aromatic nitrogens is 4. The van der Waals surface area contributed by atoms with Crippen LogP contribution < -0.4 is 10.6 Å². The summed E-state index contributed by atoms with van der Waals surface area (Å²) in [7, 11) is 4.04. The highest BCUT2D eigenvalue weighted by Gasteiger charge is 2.39. The number of carbonyl (C=O) groups excluding carboxylic acids is 4. The van der Waals surface area contributed by atoms with Gasteiger partial charge in [-0.15, -0.1) is 0 Å². The van der Waals surface area contributed by atoms with E-state index in [0.717, 1.165) is 82.1 Å². The van der Waals surface area contributed by atoms with Crippen LogP contribution in [-0.2, 0) is 23.8 Å². The van der Waals surface area contributed by atoms with Crippen LogP contribution in [0.2, 0.25) is 0 Å². The molecule has 0 unspecified atom stereocenters. The van der Waals surface area contributed by atoms with Crippen molar-refractivity contribution in [2.24, 2.45) is 5.92 Å². The molecule has 4 heterocycles. The number of imidazole rings is 2. The number of alkyl carbamates (subject to hydrolysis) is 2. The summed E-state index contributed by atoms with van der Waals surface area (Å²) in [4.78, 5) is 71.4. The van der Waals surface area contributed by atoms with Crippen molar-refractivity contribution in [3.05, 3.63) is 72.4 Å². The van der Waals surface area contributed by atoms with Crippen molar-refractivity contribution in [1.82, 2.24) is 40.4 Å². The summed E-state index contributed by atoms with van der Waals surface area (Å²) in [6.45, 7) is 5.12. The fourth-order valence-corrected chi connectivity index (χ4v) is 8.03. The molecule has 2 aliphatic heterocycles. The Morgan fingerprint density at radius 1 is 0.789 bits per heavy atom. The van der Waals surface area contributed by atoms with Gasteiger partial charge in [0.15, 0.2) is 0 Å². The first kappa shape index (κ1) is 39.3. The van der Waals surface area contributed by atoms with Crippen molar-refractivity contribution < 1.29 is 33.4 Å². The fraction of sp³-hybridized carbons (Fsp3) is 0.429. The number of hydrogen-bond donors (Lipinski definition) is 4. The summed E-state index contributed by atoms with van der Waals surface area (Å²) in [5.41, 5.74) is 5.60. The second kappa shape index (κ2) is 17.0. The molecule has 2 saturated heterocycles. The molecule has 7 rings (SSSR count). The van der Waals surface area contributed by atoms with Gasteiger partial charge >= 0.3 is 12.2 Å². The largest absolute Gasteiger partial charge is 0.453 e. The minimum atomic E-state index is -0.867. The molecular formula is C42H50N8O7. The first-order valence-electron chi connectivity index (χ1n) is 19.5. The molecular weight excluding hydrogens is 729 g/mol. The summed E-state index contributed by atoms with van der Waals surface area (Å²) in [6, 6.07) is 16.8. The lowest BCUT2D eigenvalue weighted by molar-refractivity contribution is -0.136. The lowest BCUT2D eigenvalue weighted by Gasteiger charge is -2.30. The number of fused-ring (bicyclic) bond motifs is 2. The maximum Gasteiger partial charge on any atom is 0.407 e. The number of carbonyl (C=O) groups is 4. The first-order valence-corrected chi connectivity index (χ1v) is 19.5. The predicted octanol–water partition coefficient (Wildman–Crippen LogP) is 6.24. The number of hydrogen-bond acceptors (Lipinski definition) is 9. The number of rotatable bonds is 12. The molecule has 15 nitrogen and oxygen atoms in total. The van der Waals surface area contributed by atoms with Gasteiger partial charge in [0.2, 0.25) is 11.8 Å². The molecule has 2 aliphatic rings. The Labute approximate surface area is 330 Å². The van der Waals surface area contributed by atoms with Crippen LogP contribution in [0.3, 0.4) is 0 Å². The van der Waals surface area contributed by atoms with Gasteiger partial charge in [-0.25, -0.2) is 19.6 Å². The van der Waals surface area contributed by atoms with Gasteiger partial charge in [-0.3, -0.25) is 9.59 Å². The molecule has 2 aromatic heterocycles. The highest BCUT2D eigenvalue weighted by atomic mass is 16.5. The van der Waals surface area contributed by atoms with Gasteiger partial charge in [0.05, 0.1) is 55.8 Å². The summed E-state index contributed by atoms with van der Waals surface area (Å²) in [5, 5.41) is 7.48. The first-order chi connectivity index (χ1) is 27.6. The minimum absolute atomic E-state index is 0.0275. The Morgan fingerprint density at radius 3 is 2.09 bits per heavy atom. The molecule has 300 valence electrons. The average molecular weight is 779 g/mol. The zero-order valence-electron chi connectivity index (χ0n) is 33.0. The Morgan fingerprint density at radius 2 is 1.40 bits per heavy atom. The van der Waals surface area contributed by atoms with Crippen LogP contribution in [0.15, 0.2) is 60.8 Å². The lowest BCUT2D eigenvalue weighted by atomic mass is 9.97. The summed E-state index contributed by atoms with van der Waals surface area (Å²) < 4.78 is 14.7. The molecule has 4 amide bonds. The molecule has 15 heteroatoms. The quantitative estimate of drug-likeness (QED) is 0.114. The van der Waals surface area contributed by atoms with Crippen molar-refractivity contribution in [3.8, 4) is 22.4 Å². The van der Waals surface area contributed by atoms with Crippen LogP contribution in [0.1, 0.15) is 69.7 Å². The number of ether oxygens (including phenoxy) is 3. The smallest absolute Gasteiger partial charge is 0.407 e.